The van der Waals surface area contributed by atoms with Gasteiger partial charge < -0.3 is 20.1 Å². The monoisotopic (exact) mass is 334 g/mol. The zero-order chi connectivity index (χ0) is 17.4. The van der Waals surface area contributed by atoms with Crippen LogP contribution in [0, 0.1) is 5.92 Å². The van der Waals surface area contributed by atoms with E-state index in [0.29, 0.717) is 32.1 Å². The molecule has 1 saturated heterocycles. The van der Waals surface area contributed by atoms with Crippen LogP contribution in [0.5, 0.6) is 0 Å². The highest BCUT2D eigenvalue weighted by atomic mass is 16.5. The molecule has 0 unspecified atom stereocenters. The number of aliphatic hydroxyl groups is 1. The van der Waals surface area contributed by atoms with Gasteiger partial charge in [-0.3, -0.25) is 4.79 Å². The molecular weight excluding hydrogens is 304 g/mol. The van der Waals surface area contributed by atoms with Crippen molar-refractivity contribution in [2.45, 2.75) is 45.8 Å². The summed E-state index contributed by atoms with van der Waals surface area (Å²) in [6.07, 6.45) is 2.66. The van der Waals surface area contributed by atoms with Crippen LogP contribution in [0.3, 0.4) is 0 Å². The van der Waals surface area contributed by atoms with Crippen LogP contribution in [0.1, 0.15) is 38.7 Å². The first-order valence-electron chi connectivity index (χ1n) is 8.91. The number of carbonyl (C=O) groups excluding carboxylic acids is 1. The molecule has 0 spiro atoms. The summed E-state index contributed by atoms with van der Waals surface area (Å²) in [4.78, 5) is 14.1. The molecule has 0 aromatic heterocycles. The Morgan fingerprint density at radius 1 is 1.29 bits per heavy atom. The molecule has 5 heteroatoms. The Morgan fingerprint density at radius 3 is 2.54 bits per heavy atom. The third-order valence-corrected chi connectivity index (χ3v) is 4.44. The van der Waals surface area contributed by atoms with Gasteiger partial charge in [0.05, 0.1) is 12.7 Å². The van der Waals surface area contributed by atoms with Crippen LogP contribution in [-0.2, 0) is 16.1 Å². The molecule has 0 aliphatic carbocycles. The highest BCUT2D eigenvalue weighted by Crippen LogP contribution is 2.23. The van der Waals surface area contributed by atoms with Gasteiger partial charge in [0, 0.05) is 38.3 Å². The van der Waals surface area contributed by atoms with E-state index in [2.05, 4.69) is 34.5 Å². The van der Waals surface area contributed by atoms with Gasteiger partial charge in [-0.05, 0) is 50.3 Å². The van der Waals surface area contributed by atoms with E-state index in [9.17, 15) is 9.90 Å². The molecule has 1 aliphatic rings. The number of anilines is 1. The van der Waals surface area contributed by atoms with Crippen LogP contribution in [0.15, 0.2) is 24.3 Å². The topological polar surface area (TPSA) is 61.8 Å². The smallest absolute Gasteiger partial charge is 0.222 e. The molecular formula is C19H30N2O3. The molecule has 0 atom stereocenters. The van der Waals surface area contributed by atoms with Crippen molar-refractivity contribution < 1.29 is 14.6 Å². The molecule has 1 fully saturated rings. The number of aliphatic hydroxyl groups excluding tert-OH is 1. The SMILES string of the molecule is CC(C)OCCC(=O)NCc1ccc(N2CCC(CO)CC2)cc1. The average molecular weight is 334 g/mol. The van der Waals surface area contributed by atoms with E-state index in [4.69, 9.17) is 4.74 Å². The predicted molar refractivity (Wildman–Crippen MR) is 96.0 cm³/mol. The number of hydrogen-bond acceptors (Lipinski definition) is 4. The van der Waals surface area contributed by atoms with Gasteiger partial charge in [0.1, 0.15) is 0 Å². The van der Waals surface area contributed by atoms with Crippen molar-refractivity contribution >= 4 is 11.6 Å². The summed E-state index contributed by atoms with van der Waals surface area (Å²) in [5, 5.41) is 12.1. The van der Waals surface area contributed by atoms with E-state index in [-0.39, 0.29) is 12.0 Å². The lowest BCUT2D eigenvalue weighted by Gasteiger charge is -2.33. The maximum atomic E-state index is 11.8. The maximum Gasteiger partial charge on any atom is 0.222 e. The Labute approximate surface area is 145 Å². The predicted octanol–water partition coefficient (Wildman–Crippen LogP) is 2.33. The summed E-state index contributed by atoms with van der Waals surface area (Å²) in [6, 6.07) is 8.36. The Hall–Kier alpha value is -1.59. The van der Waals surface area contributed by atoms with Crippen molar-refractivity contribution in [2.75, 3.05) is 31.2 Å². The summed E-state index contributed by atoms with van der Waals surface area (Å²) in [6.45, 7) is 7.24. The minimum absolute atomic E-state index is 0.0193. The molecule has 1 aliphatic heterocycles. The van der Waals surface area contributed by atoms with Crippen LogP contribution >= 0.6 is 0 Å². The Balaban J connectivity index is 1.73. The molecule has 0 saturated carbocycles. The second kappa shape index (κ2) is 9.64. The second-order valence-electron chi connectivity index (χ2n) is 6.73. The lowest BCUT2D eigenvalue weighted by atomic mass is 9.97. The van der Waals surface area contributed by atoms with Crippen LogP contribution in [0.2, 0.25) is 0 Å². The van der Waals surface area contributed by atoms with E-state index >= 15 is 0 Å². The van der Waals surface area contributed by atoms with Crippen molar-refractivity contribution in [2.24, 2.45) is 5.92 Å². The summed E-state index contributed by atoms with van der Waals surface area (Å²) in [7, 11) is 0. The van der Waals surface area contributed by atoms with E-state index in [1.165, 1.54) is 5.69 Å². The molecule has 1 amide bonds. The standard InChI is InChI=1S/C19H30N2O3/c1-15(2)24-12-9-19(23)20-13-16-3-5-18(6-4-16)21-10-7-17(14-22)8-11-21/h3-6,15,17,22H,7-14H2,1-2H3,(H,20,23). The normalized spacial score (nSPS) is 15.8. The molecule has 1 heterocycles. The first kappa shape index (κ1) is 18.7. The summed E-state index contributed by atoms with van der Waals surface area (Å²) in [5.74, 6) is 0.473. The fourth-order valence-electron chi connectivity index (χ4n) is 2.87. The van der Waals surface area contributed by atoms with Gasteiger partial charge >= 0.3 is 0 Å². The first-order chi connectivity index (χ1) is 11.6. The van der Waals surface area contributed by atoms with Crippen LogP contribution in [0.4, 0.5) is 5.69 Å². The quantitative estimate of drug-likeness (QED) is 0.766. The number of hydrogen-bond donors (Lipinski definition) is 2. The van der Waals surface area contributed by atoms with E-state index < -0.39 is 0 Å². The van der Waals surface area contributed by atoms with Gasteiger partial charge in [-0.1, -0.05) is 12.1 Å². The van der Waals surface area contributed by atoms with Gasteiger partial charge in [-0.25, -0.2) is 0 Å². The molecule has 24 heavy (non-hydrogen) atoms. The molecule has 2 rings (SSSR count). The fraction of sp³-hybridized carbons (Fsp3) is 0.632. The molecule has 1 aromatic carbocycles. The van der Waals surface area contributed by atoms with Gasteiger partial charge in [-0.2, -0.15) is 0 Å². The highest BCUT2D eigenvalue weighted by Gasteiger charge is 2.18. The van der Waals surface area contributed by atoms with Crippen LogP contribution in [0.25, 0.3) is 0 Å². The molecule has 0 bridgehead atoms. The number of amides is 1. The van der Waals surface area contributed by atoms with Gasteiger partial charge in [-0.15, -0.1) is 0 Å². The lowest BCUT2D eigenvalue weighted by molar-refractivity contribution is -0.122. The van der Waals surface area contributed by atoms with E-state index in [1.807, 2.05) is 13.8 Å². The number of nitrogens with zero attached hydrogens (tertiary/aromatic N) is 1. The van der Waals surface area contributed by atoms with Crippen molar-refractivity contribution in [3.63, 3.8) is 0 Å². The largest absolute Gasteiger partial charge is 0.396 e. The Kier molecular flexibility index (Phi) is 7.53. The minimum atomic E-state index is 0.0193. The zero-order valence-electron chi connectivity index (χ0n) is 14.8. The first-order valence-corrected chi connectivity index (χ1v) is 8.91. The van der Waals surface area contributed by atoms with Crippen LogP contribution in [-0.4, -0.2) is 43.4 Å². The summed E-state index contributed by atoms with van der Waals surface area (Å²) in [5.41, 5.74) is 2.31. The molecule has 134 valence electrons. The second-order valence-corrected chi connectivity index (χ2v) is 6.73. The van der Waals surface area contributed by atoms with Gasteiger partial charge in [0.15, 0.2) is 0 Å². The summed E-state index contributed by atoms with van der Waals surface area (Å²) >= 11 is 0. The van der Waals surface area contributed by atoms with E-state index in [1.54, 1.807) is 0 Å². The maximum absolute atomic E-state index is 11.8. The number of rotatable bonds is 8. The number of carbonyl (C=O) groups is 1. The number of nitrogens with one attached hydrogen (secondary N) is 1. The van der Waals surface area contributed by atoms with Crippen molar-refractivity contribution in [3.05, 3.63) is 29.8 Å². The van der Waals surface area contributed by atoms with E-state index in [0.717, 1.165) is 31.5 Å². The highest BCUT2D eigenvalue weighted by molar-refractivity contribution is 5.75. The zero-order valence-corrected chi connectivity index (χ0v) is 14.8. The number of benzene rings is 1. The number of ether oxygens (including phenoxy) is 1. The number of piperidine rings is 1. The molecule has 0 radical (unpaired) electrons. The van der Waals surface area contributed by atoms with Gasteiger partial charge in [0.25, 0.3) is 0 Å². The molecule has 2 N–H and O–H groups in total. The third-order valence-electron chi connectivity index (χ3n) is 4.44. The molecule has 1 aromatic rings. The Bertz CT molecular complexity index is 494. The Morgan fingerprint density at radius 2 is 1.96 bits per heavy atom. The van der Waals surface area contributed by atoms with Crippen molar-refractivity contribution in [3.8, 4) is 0 Å². The van der Waals surface area contributed by atoms with Gasteiger partial charge in [0.2, 0.25) is 5.91 Å². The molecule has 5 nitrogen and oxygen atoms in total. The minimum Gasteiger partial charge on any atom is -0.396 e. The fourth-order valence-corrected chi connectivity index (χ4v) is 2.87. The van der Waals surface area contributed by atoms with Crippen molar-refractivity contribution in [1.29, 1.82) is 0 Å². The van der Waals surface area contributed by atoms with Crippen molar-refractivity contribution in [1.82, 2.24) is 5.32 Å². The summed E-state index contributed by atoms with van der Waals surface area (Å²) < 4.78 is 5.38. The lowest BCUT2D eigenvalue weighted by Crippen LogP contribution is -2.34. The third kappa shape index (κ3) is 6.13. The van der Waals surface area contributed by atoms with Crippen LogP contribution < -0.4 is 10.2 Å². The average Bonchev–Trinajstić information content (AvgIpc) is 2.60.